The molecule has 0 saturated heterocycles. The second kappa shape index (κ2) is 14.4. The number of benzene rings is 3. The van der Waals surface area contributed by atoms with Crippen LogP contribution < -0.4 is 9.62 Å². The molecule has 0 aliphatic carbocycles. The molecule has 41 heavy (non-hydrogen) atoms. The Morgan fingerprint density at radius 2 is 1.56 bits per heavy atom. The predicted molar refractivity (Wildman–Crippen MR) is 166 cm³/mol. The fraction of sp³-hybridized carbons (Fsp3) is 0.333. The summed E-state index contributed by atoms with van der Waals surface area (Å²) in [5, 5.41) is 3.94. The summed E-state index contributed by atoms with van der Waals surface area (Å²) < 4.78 is 29.1. The minimum atomic E-state index is -4.20. The highest BCUT2D eigenvalue weighted by atomic mass is 35.5. The normalized spacial score (nSPS) is 12.1. The highest BCUT2D eigenvalue weighted by Crippen LogP contribution is 2.31. The maximum Gasteiger partial charge on any atom is 0.264 e. The fourth-order valence-electron chi connectivity index (χ4n) is 4.39. The molecule has 3 rings (SSSR count). The number of anilines is 1. The molecular formula is C30H34Cl3N3O4S. The predicted octanol–water partition coefficient (Wildman–Crippen LogP) is 6.79. The number of amides is 2. The summed E-state index contributed by atoms with van der Waals surface area (Å²) in [6.07, 6.45) is 0.999. The molecule has 2 amide bonds. The van der Waals surface area contributed by atoms with E-state index in [1.165, 1.54) is 17.0 Å². The topological polar surface area (TPSA) is 86.8 Å². The molecule has 0 spiro atoms. The summed E-state index contributed by atoms with van der Waals surface area (Å²) in [5.74, 6) is -0.939. The van der Waals surface area contributed by atoms with Gasteiger partial charge in [0.05, 0.1) is 10.6 Å². The van der Waals surface area contributed by atoms with E-state index >= 15 is 0 Å². The van der Waals surface area contributed by atoms with E-state index in [-0.39, 0.29) is 23.8 Å². The van der Waals surface area contributed by atoms with Crippen LogP contribution in [0.4, 0.5) is 5.69 Å². The lowest BCUT2D eigenvalue weighted by Gasteiger charge is -2.34. The van der Waals surface area contributed by atoms with Gasteiger partial charge >= 0.3 is 0 Å². The van der Waals surface area contributed by atoms with Gasteiger partial charge in [0.2, 0.25) is 11.8 Å². The zero-order chi connectivity index (χ0) is 30.3. The average Bonchev–Trinajstić information content (AvgIpc) is 2.92. The smallest absolute Gasteiger partial charge is 0.264 e. The summed E-state index contributed by atoms with van der Waals surface area (Å²) in [5.41, 5.74) is 2.21. The average molecular weight is 639 g/mol. The number of sulfonamides is 1. The lowest BCUT2D eigenvalue weighted by Crippen LogP contribution is -2.52. The van der Waals surface area contributed by atoms with Crippen LogP contribution in [0.15, 0.2) is 65.6 Å². The van der Waals surface area contributed by atoms with Crippen molar-refractivity contribution in [3.05, 3.63) is 92.4 Å². The highest BCUT2D eigenvalue weighted by molar-refractivity contribution is 7.92. The SMILES string of the molecule is CCCNC(=O)C(CC)N(Cc1c(Cl)cccc1Cl)C(=O)CN(c1ccc(Cl)cc1C)S(=O)(=O)c1ccc(C)cc1. The molecule has 0 heterocycles. The maximum absolute atomic E-state index is 14.2. The standard InChI is InChI=1S/C30H34Cl3N3O4S/c1-5-16-34-30(38)27(6-2)35(18-24-25(32)8-7-9-26(24)33)29(37)19-36(28-15-12-22(31)17-21(28)4)41(39,40)23-13-10-20(3)11-14-23/h7-15,17,27H,5-6,16,18-19H2,1-4H3,(H,34,38). The van der Waals surface area contributed by atoms with E-state index in [0.717, 1.165) is 9.87 Å². The molecule has 0 aliphatic rings. The van der Waals surface area contributed by atoms with Crippen molar-refractivity contribution in [1.82, 2.24) is 10.2 Å². The summed E-state index contributed by atoms with van der Waals surface area (Å²) in [7, 11) is -4.20. The van der Waals surface area contributed by atoms with Gasteiger partial charge in [0.15, 0.2) is 0 Å². The number of hydrogen-bond donors (Lipinski definition) is 1. The third-order valence-corrected chi connectivity index (χ3v) is 9.36. The zero-order valence-electron chi connectivity index (χ0n) is 23.5. The highest BCUT2D eigenvalue weighted by Gasteiger charge is 2.34. The molecule has 220 valence electrons. The largest absolute Gasteiger partial charge is 0.354 e. The summed E-state index contributed by atoms with van der Waals surface area (Å²) in [6.45, 7) is 7.06. The fourth-order valence-corrected chi connectivity index (χ4v) is 6.61. The van der Waals surface area contributed by atoms with Crippen LogP contribution in [0.2, 0.25) is 15.1 Å². The van der Waals surface area contributed by atoms with Crippen LogP contribution in [0, 0.1) is 13.8 Å². The van der Waals surface area contributed by atoms with Crippen LogP contribution in [0.3, 0.4) is 0 Å². The van der Waals surface area contributed by atoms with Crippen molar-refractivity contribution >= 4 is 62.3 Å². The number of hydrogen-bond acceptors (Lipinski definition) is 4. The molecule has 3 aromatic rings. The first-order chi connectivity index (χ1) is 19.4. The van der Waals surface area contributed by atoms with Gasteiger partial charge in [-0.25, -0.2) is 8.42 Å². The summed E-state index contributed by atoms with van der Waals surface area (Å²) >= 11 is 19.1. The van der Waals surface area contributed by atoms with E-state index in [1.807, 2.05) is 13.8 Å². The van der Waals surface area contributed by atoms with Gasteiger partial charge in [0.25, 0.3) is 10.0 Å². The number of rotatable bonds is 12. The number of carbonyl (C=O) groups is 2. The molecule has 0 saturated carbocycles. The van der Waals surface area contributed by atoms with Gasteiger partial charge in [-0.05, 0) is 74.7 Å². The van der Waals surface area contributed by atoms with Crippen LogP contribution in [0.25, 0.3) is 0 Å². The Labute approximate surface area is 257 Å². The second-order valence-electron chi connectivity index (χ2n) is 9.69. The molecule has 0 fully saturated rings. The summed E-state index contributed by atoms with van der Waals surface area (Å²) in [6, 6.07) is 15.2. The van der Waals surface area contributed by atoms with E-state index in [4.69, 9.17) is 34.8 Å². The van der Waals surface area contributed by atoms with E-state index in [2.05, 4.69) is 5.32 Å². The van der Waals surface area contributed by atoms with Crippen molar-refractivity contribution < 1.29 is 18.0 Å². The quantitative estimate of drug-likeness (QED) is 0.237. The Kier molecular flexibility index (Phi) is 11.5. The van der Waals surface area contributed by atoms with Crippen LogP contribution in [-0.4, -0.2) is 44.3 Å². The van der Waals surface area contributed by atoms with Crippen molar-refractivity contribution in [3.8, 4) is 0 Å². The van der Waals surface area contributed by atoms with Crippen LogP contribution in [0.1, 0.15) is 43.4 Å². The number of nitrogens with one attached hydrogen (secondary N) is 1. The number of carbonyl (C=O) groups excluding carboxylic acids is 2. The maximum atomic E-state index is 14.2. The number of halogens is 3. The Bertz CT molecular complexity index is 1480. The van der Waals surface area contributed by atoms with Gasteiger partial charge in [-0.1, -0.05) is 72.4 Å². The van der Waals surface area contributed by atoms with Gasteiger partial charge < -0.3 is 10.2 Å². The Hall–Kier alpha value is -2.78. The van der Waals surface area contributed by atoms with E-state index in [0.29, 0.717) is 44.8 Å². The van der Waals surface area contributed by atoms with Crippen molar-refractivity contribution in [2.45, 2.75) is 58.0 Å². The van der Waals surface area contributed by atoms with Crippen molar-refractivity contribution in [2.24, 2.45) is 0 Å². The number of aryl methyl sites for hydroxylation is 2. The third kappa shape index (κ3) is 7.95. The minimum Gasteiger partial charge on any atom is -0.354 e. The van der Waals surface area contributed by atoms with Gasteiger partial charge in [-0.2, -0.15) is 0 Å². The van der Waals surface area contributed by atoms with Crippen LogP contribution in [0.5, 0.6) is 0 Å². The molecule has 0 bridgehead atoms. The van der Waals surface area contributed by atoms with E-state index < -0.39 is 28.5 Å². The third-order valence-electron chi connectivity index (χ3n) is 6.64. The molecule has 0 radical (unpaired) electrons. The molecule has 11 heteroatoms. The first kappa shape index (κ1) is 32.7. The zero-order valence-corrected chi connectivity index (χ0v) is 26.5. The minimum absolute atomic E-state index is 0.0266. The monoisotopic (exact) mass is 637 g/mol. The molecule has 0 aromatic heterocycles. The molecule has 1 unspecified atom stereocenters. The van der Waals surface area contributed by atoms with Crippen molar-refractivity contribution in [3.63, 3.8) is 0 Å². The van der Waals surface area contributed by atoms with E-state index in [9.17, 15) is 18.0 Å². The molecule has 1 N–H and O–H groups in total. The lowest BCUT2D eigenvalue weighted by atomic mass is 10.1. The lowest BCUT2D eigenvalue weighted by molar-refractivity contribution is -0.140. The van der Waals surface area contributed by atoms with Gasteiger partial charge in [0.1, 0.15) is 12.6 Å². The van der Waals surface area contributed by atoms with Gasteiger partial charge in [-0.15, -0.1) is 0 Å². The Morgan fingerprint density at radius 1 is 0.927 bits per heavy atom. The Morgan fingerprint density at radius 3 is 2.12 bits per heavy atom. The van der Waals surface area contributed by atoms with Crippen molar-refractivity contribution in [1.29, 1.82) is 0 Å². The summed E-state index contributed by atoms with van der Waals surface area (Å²) in [4.78, 5) is 28.8. The van der Waals surface area contributed by atoms with Gasteiger partial charge in [0, 0.05) is 33.7 Å². The first-order valence-corrected chi connectivity index (χ1v) is 15.8. The Balaban J connectivity index is 2.12. The van der Waals surface area contributed by atoms with E-state index in [1.54, 1.807) is 62.4 Å². The van der Waals surface area contributed by atoms with Crippen LogP contribution in [-0.2, 0) is 26.2 Å². The molecule has 7 nitrogen and oxygen atoms in total. The molecule has 3 aromatic carbocycles. The molecule has 0 aliphatic heterocycles. The molecular weight excluding hydrogens is 605 g/mol. The van der Waals surface area contributed by atoms with Crippen molar-refractivity contribution in [2.75, 3.05) is 17.4 Å². The number of nitrogens with zero attached hydrogens (tertiary/aromatic N) is 2. The molecule has 1 atom stereocenters. The second-order valence-corrected chi connectivity index (χ2v) is 12.8. The first-order valence-electron chi connectivity index (χ1n) is 13.3. The van der Waals surface area contributed by atoms with Gasteiger partial charge in [-0.3, -0.25) is 13.9 Å². The van der Waals surface area contributed by atoms with Crippen LogP contribution >= 0.6 is 34.8 Å².